The monoisotopic (exact) mass is 357 g/mol. The molecule has 0 aliphatic carbocycles. The number of benzene rings is 1. The number of aliphatic hydroxyl groups is 1. The van der Waals surface area contributed by atoms with Gasteiger partial charge in [-0.1, -0.05) is 12.1 Å². The molecule has 1 N–H and O–H groups in total. The summed E-state index contributed by atoms with van der Waals surface area (Å²) >= 11 is 0. The van der Waals surface area contributed by atoms with Crippen LogP contribution in [0, 0.1) is 19.7 Å². The highest BCUT2D eigenvalue weighted by Crippen LogP contribution is 2.13. The van der Waals surface area contributed by atoms with Crippen molar-refractivity contribution in [1.82, 2.24) is 14.7 Å². The molecule has 0 aliphatic heterocycles. The van der Waals surface area contributed by atoms with E-state index in [4.69, 9.17) is 4.42 Å². The molecule has 0 fully saturated rings. The van der Waals surface area contributed by atoms with Crippen molar-refractivity contribution in [3.05, 3.63) is 77.3 Å². The minimum atomic E-state index is -0.580. The van der Waals surface area contributed by atoms with Crippen LogP contribution in [0.1, 0.15) is 22.7 Å². The molecule has 1 atom stereocenters. The number of halogens is 1. The summed E-state index contributed by atoms with van der Waals surface area (Å²) in [5.74, 6) is 0.571. The summed E-state index contributed by atoms with van der Waals surface area (Å²) in [6, 6.07) is 12.2. The normalized spacial score (nSPS) is 12.7. The molecule has 1 unspecified atom stereocenters. The highest BCUT2D eigenvalue weighted by Gasteiger charge is 2.16. The molecule has 0 saturated heterocycles. The van der Waals surface area contributed by atoms with E-state index < -0.39 is 6.10 Å². The Hall–Kier alpha value is -2.44. The van der Waals surface area contributed by atoms with Gasteiger partial charge in [-0.25, -0.2) is 4.39 Å². The fourth-order valence-corrected chi connectivity index (χ4v) is 3.07. The summed E-state index contributed by atoms with van der Waals surface area (Å²) in [5, 5.41) is 15.0. The molecule has 0 bridgehead atoms. The second-order valence-corrected chi connectivity index (χ2v) is 6.64. The van der Waals surface area contributed by atoms with Gasteiger partial charge in [-0.2, -0.15) is 5.10 Å². The second-order valence-electron chi connectivity index (χ2n) is 6.64. The van der Waals surface area contributed by atoms with Crippen molar-refractivity contribution in [2.24, 2.45) is 0 Å². The Kier molecular flexibility index (Phi) is 5.85. The van der Waals surface area contributed by atoms with Crippen molar-refractivity contribution in [3.8, 4) is 0 Å². The lowest BCUT2D eigenvalue weighted by molar-refractivity contribution is 0.0839. The number of nitrogens with zero attached hydrogens (tertiary/aromatic N) is 3. The van der Waals surface area contributed by atoms with Crippen molar-refractivity contribution >= 4 is 0 Å². The molecule has 0 amide bonds. The van der Waals surface area contributed by atoms with Gasteiger partial charge >= 0.3 is 0 Å². The van der Waals surface area contributed by atoms with Crippen molar-refractivity contribution in [1.29, 1.82) is 0 Å². The SMILES string of the molecule is Cc1cc(C)n(CC(O)CN(Cc2ccc(F)cc2)Cc2ccco2)n1. The fourth-order valence-electron chi connectivity index (χ4n) is 3.07. The number of aryl methyl sites for hydroxylation is 2. The van der Waals surface area contributed by atoms with E-state index in [1.807, 2.05) is 36.7 Å². The maximum absolute atomic E-state index is 13.1. The van der Waals surface area contributed by atoms with E-state index in [1.165, 1.54) is 12.1 Å². The van der Waals surface area contributed by atoms with Crippen LogP contribution in [0.15, 0.2) is 53.1 Å². The van der Waals surface area contributed by atoms with E-state index in [1.54, 1.807) is 18.4 Å². The first-order valence-corrected chi connectivity index (χ1v) is 8.68. The van der Waals surface area contributed by atoms with Gasteiger partial charge in [0.05, 0.1) is 31.2 Å². The Bertz CT molecular complexity index is 812. The summed E-state index contributed by atoms with van der Waals surface area (Å²) in [6.07, 6.45) is 1.06. The van der Waals surface area contributed by atoms with Crippen LogP contribution in [0.4, 0.5) is 4.39 Å². The first-order chi connectivity index (χ1) is 12.5. The van der Waals surface area contributed by atoms with Gasteiger partial charge in [0.25, 0.3) is 0 Å². The van der Waals surface area contributed by atoms with Gasteiger partial charge in [0.2, 0.25) is 0 Å². The largest absolute Gasteiger partial charge is 0.468 e. The minimum Gasteiger partial charge on any atom is -0.468 e. The standard InChI is InChI=1S/C20H24FN3O2/c1-15-10-16(2)24(22-15)13-19(25)12-23(14-20-4-3-9-26-20)11-17-5-7-18(21)8-6-17/h3-10,19,25H,11-14H2,1-2H3. The third-order valence-corrected chi connectivity index (χ3v) is 4.23. The van der Waals surface area contributed by atoms with Gasteiger partial charge < -0.3 is 9.52 Å². The maximum Gasteiger partial charge on any atom is 0.123 e. The van der Waals surface area contributed by atoms with Crippen LogP contribution >= 0.6 is 0 Å². The molecule has 3 rings (SSSR count). The van der Waals surface area contributed by atoms with Gasteiger partial charge in [-0.05, 0) is 49.7 Å². The lowest BCUT2D eigenvalue weighted by Crippen LogP contribution is -2.34. The molecule has 0 saturated carbocycles. The zero-order chi connectivity index (χ0) is 18.5. The Morgan fingerprint density at radius 3 is 2.58 bits per heavy atom. The molecule has 3 aromatic rings. The van der Waals surface area contributed by atoms with Gasteiger partial charge in [0.1, 0.15) is 11.6 Å². The molecular weight excluding hydrogens is 333 g/mol. The Labute approximate surface area is 152 Å². The van der Waals surface area contributed by atoms with Crippen LogP contribution in [0.2, 0.25) is 0 Å². The summed E-state index contributed by atoms with van der Waals surface area (Å²) in [6.45, 7) is 5.96. The number of hydrogen-bond acceptors (Lipinski definition) is 4. The zero-order valence-electron chi connectivity index (χ0n) is 15.1. The van der Waals surface area contributed by atoms with E-state index in [2.05, 4.69) is 10.00 Å². The molecule has 0 radical (unpaired) electrons. The number of rotatable bonds is 8. The minimum absolute atomic E-state index is 0.254. The summed E-state index contributed by atoms with van der Waals surface area (Å²) in [5.41, 5.74) is 2.95. The molecule has 6 heteroatoms. The number of furan rings is 1. The molecule has 138 valence electrons. The van der Waals surface area contributed by atoms with Crippen molar-refractivity contribution in [2.75, 3.05) is 6.54 Å². The summed E-state index contributed by atoms with van der Waals surface area (Å²) in [4.78, 5) is 2.09. The van der Waals surface area contributed by atoms with E-state index >= 15 is 0 Å². The first kappa shape index (κ1) is 18.4. The lowest BCUT2D eigenvalue weighted by Gasteiger charge is -2.24. The van der Waals surface area contributed by atoms with Gasteiger partial charge in [-0.3, -0.25) is 9.58 Å². The van der Waals surface area contributed by atoms with Gasteiger partial charge in [-0.15, -0.1) is 0 Å². The molecular formula is C20H24FN3O2. The topological polar surface area (TPSA) is 54.4 Å². The van der Waals surface area contributed by atoms with Crippen molar-refractivity contribution < 1.29 is 13.9 Å². The smallest absolute Gasteiger partial charge is 0.123 e. The quantitative estimate of drug-likeness (QED) is 0.672. The van der Waals surface area contributed by atoms with Crippen LogP contribution in [-0.4, -0.2) is 32.4 Å². The van der Waals surface area contributed by atoms with Gasteiger partial charge in [0.15, 0.2) is 0 Å². The van der Waals surface area contributed by atoms with E-state index in [9.17, 15) is 9.50 Å². The summed E-state index contributed by atoms with van der Waals surface area (Å²) in [7, 11) is 0. The maximum atomic E-state index is 13.1. The third kappa shape index (κ3) is 5.03. The Balaban J connectivity index is 1.67. The van der Waals surface area contributed by atoms with Crippen molar-refractivity contribution in [3.63, 3.8) is 0 Å². The molecule has 2 aromatic heterocycles. The first-order valence-electron chi connectivity index (χ1n) is 8.68. The van der Waals surface area contributed by atoms with Gasteiger partial charge in [0, 0.05) is 18.8 Å². The molecule has 0 spiro atoms. The Morgan fingerprint density at radius 1 is 1.19 bits per heavy atom. The van der Waals surface area contributed by atoms with E-state index in [-0.39, 0.29) is 5.82 Å². The van der Waals surface area contributed by atoms with Crippen LogP contribution in [0.3, 0.4) is 0 Å². The average Bonchev–Trinajstić information content (AvgIpc) is 3.19. The predicted molar refractivity (Wildman–Crippen MR) is 96.9 cm³/mol. The molecule has 5 nitrogen and oxygen atoms in total. The number of hydrogen-bond donors (Lipinski definition) is 1. The molecule has 1 aromatic carbocycles. The highest BCUT2D eigenvalue weighted by molar-refractivity contribution is 5.16. The Morgan fingerprint density at radius 2 is 1.96 bits per heavy atom. The number of aliphatic hydroxyl groups excluding tert-OH is 1. The number of aromatic nitrogens is 2. The highest BCUT2D eigenvalue weighted by atomic mass is 19.1. The third-order valence-electron chi connectivity index (χ3n) is 4.23. The van der Waals surface area contributed by atoms with E-state index in [0.717, 1.165) is 22.7 Å². The lowest BCUT2D eigenvalue weighted by atomic mass is 10.2. The van der Waals surface area contributed by atoms with Crippen LogP contribution in [0.25, 0.3) is 0 Å². The molecule has 0 aliphatic rings. The van der Waals surface area contributed by atoms with Crippen LogP contribution in [-0.2, 0) is 19.6 Å². The van der Waals surface area contributed by atoms with Crippen LogP contribution < -0.4 is 0 Å². The second kappa shape index (κ2) is 8.29. The zero-order valence-corrected chi connectivity index (χ0v) is 15.1. The average molecular weight is 357 g/mol. The predicted octanol–water partition coefficient (Wildman–Crippen LogP) is 3.30. The fraction of sp³-hybridized carbons (Fsp3) is 0.350. The van der Waals surface area contributed by atoms with Crippen molar-refractivity contribution in [2.45, 2.75) is 39.6 Å². The molecule has 2 heterocycles. The van der Waals surface area contributed by atoms with E-state index in [0.29, 0.717) is 26.2 Å². The molecule has 26 heavy (non-hydrogen) atoms. The summed E-state index contributed by atoms with van der Waals surface area (Å²) < 4.78 is 20.4. The van der Waals surface area contributed by atoms with Crippen LogP contribution in [0.5, 0.6) is 0 Å².